The number of amides is 1. The molecule has 1 unspecified atom stereocenters. The summed E-state index contributed by atoms with van der Waals surface area (Å²) < 4.78 is 0. The van der Waals surface area contributed by atoms with Crippen molar-refractivity contribution in [2.75, 3.05) is 4.90 Å². The average molecular weight is 287 g/mol. The van der Waals surface area contributed by atoms with Gasteiger partial charge in [-0.2, -0.15) is 0 Å². The first-order valence-electron chi connectivity index (χ1n) is 6.56. The quantitative estimate of drug-likeness (QED) is 0.918. The topological polar surface area (TPSA) is 32.3 Å². The SMILES string of the molecule is C[C@@H]1NC(c2ccccc2)N(c2ccc(Cl)cc2)C1=O. The minimum atomic E-state index is -0.198. The first-order valence-corrected chi connectivity index (χ1v) is 6.94. The molecule has 102 valence electrons. The third-order valence-electron chi connectivity index (χ3n) is 3.49. The fourth-order valence-corrected chi connectivity index (χ4v) is 2.60. The first-order chi connectivity index (χ1) is 9.66. The Morgan fingerprint density at radius 1 is 1.05 bits per heavy atom. The molecule has 3 rings (SSSR count). The van der Waals surface area contributed by atoms with E-state index in [0.717, 1.165) is 11.3 Å². The van der Waals surface area contributed by atoms with Crippen LogP contribution in [-0.2, 0) is 4.79 Å². The Bertz CT molecular complexity index is 612. The molecule has 3 nitrogen and oxygen atoms in total. The summed E-state index contributed by atoms with van der Waals surface area (Å²) in [5.74, 6) is 0.0705. The number of hydrogen-bond acceptors (Lipinski definition) is 2. The Kier molecular flexibility index (Phi) is 3.47. The molecule has 0 spiro atoms. The lowest BCUT2D eigenvalue weighted by atomic mass is 10.1. The van der Waals surface area contributed by atoms with Crippen LogP contribution in [0.2, 0.25) is 5.02 Å². The normalized spacial score (nSPS) is 22.3. The second-order valence-electron chi connectivity index (χ2n) is 4.89. The van der Waals surface area contributed by atoms with E-state index < -0.39 is 0 Å². The third-order valence-corrected chi connectivity index (χ3v) is 3.75. The number of benzene rings is 2. The second-order valence-corrected chi connectivity index (χ2v) is 5.32. The molecule has 2 aromatic rings. The van der Waals surface area contributed by atoms with Crippen LogP contribution >= 0.6 is 11.6 Å². The van der Waals surface area contributed by atoms with Crippen LogP contribution in [0.4, 0.5) is 5.69 Å². The Balaban J connectivity index is 2.01. The van der Waals surface area contributed by atoms with Crippen molar-refractivity contribution in [3.63, 3.8) is 0 Å². The fraction of sp³-hybridized carbons (Fsp3) is 0.188. The van der Waals surface area contributed by atoms with Gasteiger partial charge < -0.3 is 0 Å². The van der Waals surface area contributed by atoms with Crippen LogP contribution in [0.3, 0.4) is 0 Å². The van der Waals surface area contributed by atoms with Crippen molar-refractivity contribution in [3.8, 4) is 0 Å². The van der Waals surface area contributed by atoms with Crippen LogP contribution in [0.1, 0.15) is 18.7 Å². The Morgan fingerprint density at radius 3 is 2.35 bits per heavy atom. The number of anilines is 1. The molecule has 0 saturated carbocycles. The largest absolute Gasteiger partial charge is 0.291 e. The zero-order chi connectivity index (χ0) is 14.1. The van der Waals surface area contributed by atoms with Crippen LogP contribution in [-0.4, -0.2) is 11.9 Å². The highest BCUT2D eigenvalue weighted by Gasteiger charge is 2.37. The van der Waals surface area contributed by atoms with Crippen LogP contribution in [0.5, 0.6) is 0 Å². The van der Waals surface area contributed by atoms with E-state index in [4.69, 9.17) is 11.6 Å². The lowest BCUT2D eigenvalue weighted by Gasteiger charge is -2.24. The number of rotatable bonds is 2. The van der Waals surface area contributed by atoms with E-state index in [-0.39, 0.29) is 18.1 Å². The average Bonchev–Trinajstić information content (AvgIpc) is 2.77. The van der Waals surface area contributed by atoms with Gasteiger partial charge in [0.05, 0.1) is 6.04 Å². The maximum absolute atomic E-state index is 12.4. The molecule has 2 aromatic carbocycles. The highest BCUT2D eigenvalue weighted by Crippen LogP contribution is 2.31. The summed E-state index contributed by atoms with van der Waals surface area (Å²) in [6, 6.07) is 17.1. The predicted octanol–water partition coefficient (Wildman–Crippen LogP) is 3.36. The van der Waals surface area contributed by atoms with E-state index in [1.165, 1.54) is 0 Å². The molecule has 4 heteroatoms. The molecule has 0 radical (unpaired) electrons. The minimum Gasteiger partial charge on any atom is -0.291 e. The smallest absolute Gasteiger partial charge is 0.245 e. The molecule has 1 saturated heterocycles. The Morgan fingerprint density at radius 2 is 1.70 bits per heavy atom. The molecule has 1 amide bonds. The van der Waals surface area contributed by atoms with Gasteiger partial charge in [-0.15, -0.1) is 0 Å². The molecule has 20 heavy (non-hydrogen) atoms. The van der Waals surface area contributed by atoms with E-state index in [0.29, 0.717) is 5.02 Å². The fourth-order valence-electron chi connectivity index (χ4n) is 2.48. The van der Waals surface area contributed by atoms with Crippen LogP contribution in [0.15, 0.2) is 54.6 Å². The van der Waals surface area contributed by atoms with Crippen LogP contribution < -0.4 is 10.2 Å². The number of carbonyl (C=O) groups is 1. The van der Waals surface area contributed by atoms with Crippen molar-refractivity contribution in [3.05, 3.63) is 65.2 Å². The number of hydrogen-bond donors (Lipinski definition) is 1. The third kappa shape index (κ3) is 2.30. The van der Waals surface area contributed by atoms with Gasteiger partial charge in [-0.25, -0.2) is 0 Å². The minimum absolute atomic E-state index is 0.0705. The van der Waals surface area contributed by atoms with Gasteiger partial charge in [-0.1, -0.05) is 41.9 Å². The van der Waals surface area contributed by atoms with E-state index >= 15 is 0 Å². The highest BCUT2D eigenvalue weighted by molar-refractivity contribution is 6.30. The van der Waals surface area contributed by atoms with Crippen molar-refractivity contribution in [2.24, 2.45) is 0 Å². The van der Waals surface area contributed by atoms with Gasteiger partial charge in [0, 0.05) is 10.7 Å². The molecular weight excluding hydrogens is 272 g/mol. The maximum atomic E-state index is 12.4. The first kappa shape index (κ1) is 13.2. The van der Waals surface area contributed by atoms with E-state index in [9.17, 15) is 4.79 Å². The molecule has 0 aliphatic carbocycles. The standard InChI is InChI=1S/C16H15ClN2O/c1-11-16(20)19(14-9-7-13(17)8-10-14)15(18-11)12-5-3-2-4-6-12/h2-11,15,18H,1H3/t11-,15?/m0/s1. The van der Waals surface area contributed by atoms with Crippen LogP contribution in [0.25, 0.3) is 0 Å². The van der Waals surface area contributed by atoms with E-state index in [1.807, 2.05) is 49.4 Å². The number of nitrogens with one attached hydrogen (secondary N) is 1. The van der Waals surface area contributed by atoms with E-state index in [2.05, 4.69) is 5.32 Å². The molecule has 1 fully saturated rings. The monoisotopic (exact) mass is 286 g/mol. The number of halogens is 1. The van der Waals surface area contributed by atoms with Gasteiger partial charge >= 0.3 is 0 Å². The zero-order valence-corrected chi connectivity index (χ0v) is 11.8. The Hall–Kier alpha value is -1.84. The number of carbonyl (C=O) groups excluding carboxylic acids is 1. The summed E-state index contributed by atoms with van der Waals surface area (Å²) >= 11 is 5.92. The zero-order valence-electron chi connectivity index (χ0n) is 11.1. The van der Waals surface area contributed by atoms with E-state index in [1.54, 1.807) is 17.0 Å². The molecule has 2 atom stereocenters. The Labute approximate surface area is 123 Å². The summed E-state index contributed by atoms with van der Waals surface area (Å²) in [6.45, 7) is 1.88. The maximum Gasteiger partial charge on any atom is 0.245 e. The summed E-state index contributed by atoms with van der Waals surface area (Å²) in [5.41, 5.74) is 1.92. The van der Waals surface area contributed by atoms with Gasteiger partial charge in [0.1, 0.15) is 6.17 Å². The van der Waals surface area contributed by atoms with Gasteiger partial charge in [0.15, 0.2) is 0 Å². The van der Waals surface area contributed by atoms with Gasteiger partial charge in [-0.05, 0) is 36.8 Å². The van der Waals surface area contributed by atoms with Crippen molar-refractivity contribution in [1.82, 2.24) is 5.32 Å². The lowest BCUT2D eigenvalue weighted by molar-refractivity contribution is -0.118. The highest BCUT2D eigenvalue weighted by atomic mass is 35.5. The molecule has 1 heterocycles. The summed E-state index contributed by atoms with van der Waals surface area (Å²) in [6.07, 6.45) is -0.139. The molecular formula is C16H15ClN2O. The van der Waals surface area contributed by atoms with Crippen LogP contribution in [0, 0.1) is 0 Å². The summed E-state index contributed by atoms with van der Waals surface area (Å²) in [4.78, 5) is 14.2. The summed E-state index contributed by atoms with van der Waals surface area (Å²) in [7, 11) is 0. The molecule has 0 aromatic heterocycles. The molecule has 1 N–H and O–H groups in total. The molecule has 0 bridgehead atoms. The van der Waals surface area contributed by atoms with Gasteiger partial charge in [-0.3, -0.25) is 15.0 Å². The second kappa shape index (κ2) is 5.27. The van der Waals surface area contributed by atoms with Crippen molar-refractivity contribution in [2.45, 2.75) is 19.1 Å². The summed E-state index contributed by atoms with van der Waals surface area (Å²) in [5, 5.41) is 3.99. The number of nitrogens with zero attached hydrogens (tertiary/aromatic N) is 1. The lowest BCUT2D eigenvalue weighted by Crippen LogP contribution is -2.30. The predicted molar refractivity (Wildman–Crippen MR) is 80.7 cm³/mol. The molecule has 1 aliphatic rings. The van der Waals surface area contributed by atoms with Crippen molar-refractivity contribution < 1.29 is 4.79 Å². The van der Waals surface area contributed by atoms with Gasteiger partial charge in [0.25, 0.3) is 0 Å². The van der Waals surface area contributed by atoms with Gasteiger partial charge in [0.2, 0.25) is 5.91 Å². The molecule has 1 aliphatic heterocycles. The van der Waals surface area contributed by atoms with Crippen molar-refractivity contribution in [1.29, 1.82) is 0 Å². The van der Waals surface area contributed by atoms with Crippen molar-refractivity contribution >= 4 is 23.2 Å².